The van der Waals surface area contributed by atoms with Crippen molar-refractivity contribution < 1.29 is 19.8 Å². The molecule has 6 nitrogen and oxygen atoms in total. The summed E-state index contributed by atoms with van der Waals surface area (Å²) in [5, 5.41) is 22.7. The van der Waals surface area contributed by atoms with E-state index in [-0.39, 0.29) is 0 Å². The van der Waals surface area contributed by atoms with Crippen LogP contribution in [0.2, 0.25) is 0 Å². The largest absolute Gasteiger partial charge is 0.480 e. The Labute approximate surface area is 105 Å². The molecule has 0 aromatic carbocycles. The number of urea groups is 1. The van der Waals surface area contributed by atoms with Crippen LogP contribution in [0.15, 0.2) is 0 Å². The smallest absolute Gasteiger partial charge is 0.328 e. The molecule has 0 bridgehead atoms. The molecule has 0 saturated heterocycles. The molecule has 0 aliphatic rings. The van der Waals surface area contributed by atoms with Crippen LogP contribution < -0.4 is 10.6 Å². The van der Waals surface area contributed by atoms with Gasteiger partial charge in [-0.25, -0.2) is 9.59 Å². The van der Waals surface area contributed by atoms with E-state index in [0.717, 1.165) is 5.75 Å². The van der Waals surface area contributed by atoms with E-state index in [9.17, 15) is 9.59 Å². The number of amides is 2. The Morgan fingerprint density at radius 1 is 1.35 bits per heavy atom. The third-order valence-electron chi connectivity index (χ3n) is 2.10. The minimum absolute atomic E-state index is 0.311. The predicted molar refractivity (Wildman–Crippen MR) is 67.2 cm³/mol. The average Bonchev–Trinajstić information content (AvgIpc) is 2.22. The first kappa shape index (κ1) is 16.1. The Bertz CT molecular complexity index is 261. The van der Waals surface area contributed by atoms with E-state index in [1.54, 1.807) is 11.8 Å². The van der Waals surface area contributed by atoms with E-state index in [0.29, 0.717) is 12.5 Å². The van der Waals surface area contributed by atoms with Crippen molar-refractivity contribution in [3.8, 4) is 0 Å². The van der Waals surface area contributed by atoms with E-state index in [1.807, 2.05) is 13.2 Å². The Hall–Kier alpha value is -0.950. The molecule has 0 aromatic rings. The monoisotopic (exact) mass is 264 g/mol. The number of carbonyl (C=O) groups is 2. The van der Waals surface area contributed by atoms with Gasteiger partial charge in [0.05, 0.1) is 6.10 Å². The third kappa shape index (κ3) is 7.06. The minimum Gasteiger partial charge on any atom is -0.480 e. The Morgan fingerprint density at radius 2 is 1.94 bits per heavy atom. The van der Waals surface area contributed by atoms with Crippen molar-refractivity contribution in [1.82, 2.24) is 10.6 Å². The topological polar surface area (TPSA) is 98.7 Å². The van der Waals surface area contributed by atoms with E-state index < -0.39 is 24.1 Å². The van der Waals surface area contributed by atoms with Gasteiger partial charge >= 0.3 is 12.0 Å². The SMILES string of the molecule is CSCC(C)CNC(=O)N[C@H](C(=O)O)[C@@H](C)O. The average molecular weight is 264 g/mol. The molecule has 3 atom stereocenters. The van der Waals surface area contributed by atoms with Gasteiger partial charge in [-0.3, -0.25) is 0 Å². The number of aliphatic hydroxyl groups is 1. The second-order valence-electron chi connectivity index (χ2n) is 3.97. The second-order valence-corrected chi connectivity index (χ2v) is 4.88. The van der Waals surface area contributed by atoms with Gasteiger partial charge in [0.15, 0.2) is 6.04 Å². The van der Waals surface area contributed by atoms with Crippen molar-refractivity contribution in [1.29, 1.82) is 0 Å². The Balaban J connectivity index is 4.03. The van der Waals surface area contributed by atoms with Gasteiger partial charge in [-0.2, -0.15) is 11.8 Å². The third-order valence-corrected chi connectivity index (χ3v) is 3.00. The van der Waals surface area contributed by atoms with Gasteiger partial charge in [-0.15, -0.1) is 0 Å². The normalized spacial score (nSPS) is 15.8. The van der Waals surface area contributed by atoms with Crippen molar-refractivity contribution in [3.05, 3.63) is 0 Å². The maximum absolute atomic E-state index is 11.4. The molecule has 0 radical (unpaired) electrons. The number of carboxylic acid groups (broad SMARTS) is 1. The molecule has 2 amide bonds. The first-order valence-corrected chi connectivity index (χ1v) is 6.72. The zero-order chi connectivity index (χ0) is 13.4. The number of hydrogen-bond donors (Lipinski definition) is 4. The van der Waals surface area contributed by atoms with Crippen LogP contribution in [0.1, 0.15) is 13.8 Å². The van der Waals surface area contributed by atoms with E-state index >= 15 is 0 Å². The molecule has 0 saturated carbocycles. The Morgan fingerprint density at radius 3 is 2.35 bits per heavy atom. The van der Waals surface area contributed by atoms with Gasteiger partial charge < -0.3 is 20.8 Å². The van der Waals surface area contributed by atoms with Crippen molar-refractivity contribution in [2.24, 2.45) is 5.92 Å². The fourth-order valence-electron chi connectivity index (χ4n) is 1.19. The number of aliphatic hydroxyl groups excluding tert-OH is 1. The standard InChI is InChI=1S/C10H20N2O4S/c1-6(5-17-3)4-11-10(16)12-8(7(2)13)9(14)15/h6-8,13H,4-5H2,1-3H3,(H,14,15)(H2,11,12,16)/t6?,7-,8+/m1/s1. The lowest BCUT2D eigenvalue weighted by atomic mass is 10.2. The molecule has 1 unspecified atom stereocenters. The number of carboxylic acids is 1. The fraction of sp³-hybridized carbons (Fsp3) is 0.800. The van der Waals surface area contributed by atoms with Crippen molar-refractivity contribution in [2.45, 2.75) is 26.0 Å². The molecule has 0 heterocycles. The summed E-state index contributed by atoms with van der Waals surface area (Å²) >= 11 is 1.68. The zero-order valence-corrected chi connectivity index (χ0v) is 11.1. The van der Waals surface area contributed by atoms with Crippen LogP contribution in [0, 0.1) is 5.92 Å². The van der Waals surface area contributed by atoms with Crippen molar-refractivity contribution >= 4 is 23.8 Å². The highest BCUT2D eigenvalue weighted by molar-refractivity contribution is 7.98. The molecule has 0 fully saturated rings. The van der Waals surface area contributed by atoms with E-state index in [2.05, 4.69) is 10.6 Å². The van der Waals surface area contributed by atoms with Crippen molar-refractivity contribution in [3.63, 3.8) is 0 Å². The summed E-state index contributed by atoms with van der Waals surface area (Å²) in [5.74, 6) is -0.0307. The minimum atomic E-state index is -1.29. The lowest BCUT2D eigenvalue weighted by Crippen LogP contribution is -2.51. The van der Waals surface area contributed by atoms with Gasteiger partial charge in [0.1, 0.15) is 0 Å². The van der Waals surface area contributed by atoms with Crippen molar-refractivity contribution in [2.75, 3.05) is 18.6 Å². The van der Waals surface area contributed by atoms with Gasteiger partial charge in [0.2, 0.25) is 0 Å². The molecule has 7 heteroatoms. The molecular formula is C10H20N2O4S. The number of carbonyl (C=O) groups excluding carboxylic acids is 1. The van der Waals surface area contributed by atoms with E-state index in [1.165, 1.54) is 6.92 Å². The summed E-state index contributed by atoms with van der Waals surface area (Å²) in [6.07, 6.45) is 0.840. The maximum atomic E-state index is 11.4. The zero-order valence-electron chi connectivity index (χ0n) is 10.3. The summed E-state index contributed by atoms with van der Waals surface area (Å²) < 4.78 is 0. The van der Waals surface area contributed by atoms with Crippen LogP contribution in [0.5, 0.6) is 0 Å². The molecule has 0 rings (SSSR count). The lowest BCUT2D eigenvalue weighted by Gasteiger charge is -2.18. The highest BCUT2D eigenvalue weighted by atomic mass is 32.2. The molecule has 0 aliphatic carbocycles. The highest BCUT2D eigenvalue weighted by Crippen LogP contribution is 2.02. The van der Waals surface area contributed by atoms with Crippen LogP contribution in [0.25, 0.3) is 0 Å². The quantitative estimate of drug-likeness (QED) is 0.523. The summed E-state index contributed by atoms with van der Waals surface area (Å²) in [6, 6.07) is -1.86. The van der Waals surface area contributed by atoms with Gasteiger partial charge in [0, 0.05) is 6.54 Å². The molecule has 0 spiro atoms. The first-order valence-electron chi connectivity index (χ1n) is 5.32. The molecule has 0 aromatic heterocycles. The lowest BCUT2D eigenvalue weighted by molar-refractivity contribution is -0.141. The van der Waals surface area contributed by atoms with Crippen LogP contribution in [0.3, 0.4) is 0 Å². The van der Waals surface area contributed by atoms with Gasteiger partial charge in [-0.1, -0.05) is 6.92 Å². The van der Waals surface area contributed by atoms with Crippen LogP contribution >= 0.6 is 11.8 Å². The van der Waals surface area contributed by atoms with Gasteiger partial charge in [-0.05, 0) is 24.9 Å². The summed E-state index contributed by atoms with van der Waals surface area (Å²) in [5.41, 5.74) is 0. The summed E-state index contributed by atoms with van der Waals surface area (Å²) in [4.78, 5) is 22.1. The molecule has 0 aliphatic heterocycles. The number of aliphatic carboxylic acids is 1. The van der Waals surface area contributed by atoms with Crippen LogP contribution in [-0.4, -0.2) is 52.9 Å². The summed E-state index contributed by atoms with van der Waals surface area (Å²) in [7, 11) is 0. The molecule has 17 heavy (non-hydrogen) atoms. The van der Waals surface area contributed by atoms with E-state index in [4.69, 9.17) is 10.2 Å². The number of nitrogens with one attached hydrogen (secondary N) is 2. The highest BCUT2D eigenvalue weighted by Gasteiger charge is 2.24. The molecule has 4 N–H and O–H groups in total. The van der Waals surface area contributed by atoms with Crippen LogP contribution in [0.4, 0.5) is 4.79 Å². The molecule has 100 valence electrons. The number of rotatable bonds is 7. The maximum Gasteiger partial charge on any atom is 0.328 e. The number of thioether (sulfide) groups is 1. The van der Waals surface area contributed by atoms with Crippen LogP contribution in [-0.2, 0) is 4.79 Å². The van der Waals surface area contributed by atoms with Gasteiger partial charge in [0.25, 0.3) is 0 Å². The Kier molecular flexibility index (Phi) is 7.73. The first-order chi connectivity index (χ1) is 7.88. The summed E-state index contributed by atoms with van der Waals surface area (Å²) in [6.45, 7) is 3.77. The second kappa shape index (κ2) is 8.19. The number of hydrogen-bond acceptors (Lipinski definition) is 4. The molecular weight excluding hydrogens is 244 g/mol. The fourth-order valence-corrected chi connectivity index (χ4v) is 1.88. The predicted octanol–water partition coefficient (Wildman–Crippen LogP) is 0.119.